The number of benzene rings is 2. The van der Waals surface area contributed by atoms with Crippen molar-refractivity contribution in [3.63, 3.8) is 0 Å². The number of H-pyrrole nitrogens is 1. The molecule has 0 bridgehead atoms. The second kappa shape index (κ2) is 55.4. The van der Waals surface area contributed by atoms with Crippen molar-refractivity contribution in [2.75, 3.05) is 98.1 Å². The number of anilines is 2. The molecule has 3 aliphatic heterocycles. The lowest BCUT2D eigenvalue weighted by atomic mass is 9.93. The number of methoxy groups -OCH3 is 3. The zero-order chi connectivity index (χ0) is 85.6. The monoisotopic (exact) mass is 1830 g/mol. The van der Waals surface area contributed by atoms with Crippen LogP contribution in [0.3, 0.4) is 0 Å². The zero-order valence-electron chi connectivity index (χ0n) is 67.0. The van der Waals surface area contributed by atoms with Crippen LogP contribution in [0.4, 0.5) is 38.5 Å². The lowest BCUT2D eigenvalue weighted by molar-refractivity contribution is -0.104. The van der Waals surface area contributed by atoms with Crippen LogP contribution in [0.5, 0.6) is 17.4 Å². The highest BCUT2D eigenvalue weighted by atomic mass is 79.9. The first-order valence-corrected chi connectivity index (χ1v) is 43.6. The number of thiophene rings is 5. The quantitative estimate of drug-likeness (QED) is 0.0205. The molecule has 0 aliphatic carbocycles. The molecule has 2 amide bonds. The molecular formula is C80H105BrClF4N9O14S7. The van der Waals surface area contributed by atoms with Gasteiger partial charge in [-0.25, -0.2) is 22.8 Å². The molecule has 3 saturated heterocycles. The molecule has 10 heterocycles. The molecule has 116 heavy (non-hydrogen) atoms. The maximum absolute atomic E-state index is 13.1. The topological polar surface area (TPSA) is 279 Å². The first kappa shape index (κ1) is 101. The van der Waals surface area contributed by atoms with Crippen molar-refractivity contribution in [2.24, 2.45) is 17.8 Å². The minimum absolute atomic E-state index is 0.0102. The lowest BCUT2D eigenvalue weighted by Crippen LogP contribution is -2.42. The third-order valence-electron chi connectivity index (χ3n) is 16.4. The number of aromatic amines is 1. The van der Waals surface area contributed by atoms with Crippen molar-refractivity contribution in [3.8, 4) is 17.4 Å². The van der Waals surface area contributed by atoms with Crippen molar-refractivity contribution in [2.45, 2.75) is 137 Å². The molecule has 0 radical (unpaired) electrons. The Morgan fingerprint density at radius 3 is 1.63 bits per heavy atom. The van der Waals surface area contributed by atoms with E-state index in [0.29, 0.717) is 66.6 Å². The van der Waals surface area contributed by atoms with Crippen LogP contribution in [0.1, 0.15) is 146 Å². The van der Waals surface area contributed by atoms with Crippen LogP contribution < -0.4 is 35.3 Å². The van der Waals surface area contributed by atoms with Gasteiger partial charge in [0.05, 0.1) is 77.6 Å². The van der Waals surface area contributed by atoms with Gasteiger partial charge in [-0.1, -0.05) is 55.0 Å². The first-order valence-electron chi connectivity index (χ1n) is 36.8. The number of nitrogens with zero attached hydrogens (tertiary/aromatic N) is 6. The summed E-state index contributed by atoms with van der Waals surface area (Å²) in [5.74, 6) is 3.13. The molecular weight excluding hydrogens is 1730 g/mol. The number of rotatable bonds is 20. The predicted octanol–water partition coefficient (Wildman–Crippen LogP) is 19.5. The Bertz CT molecular complexity index is 4280. The van der Waals surface area contributed by atoms with Gasteiger partial charge in [0.25, 0.3) is 5.56 Å². The Hall–Kier alpha value is -7.36. The number of hydrogen-bond acceptors (Lipinski definition) is 26. The van der Waals surface area contributed by atoms with E-state index in [4.69, 9.17) is 67.2 Å². The van der Waals surface area contributed by atoms with Crippen molar-refractivity contribution in [1.82, 2.24) is 33.8 Å². The highest BCUT2D eigenvalue weighted by Gasteiger charge is 2.29. The Morgan fingerprint density at radius 2 is 1.23 bits per heavy atom. The van der Waals surface area contributed by atoms with Gasteiger partial charge in [-0.3, -0.25) is 23.7 Å². The van der Waals surface area contributed by atoms with Gasteiger partial charge in [-0.2, -0.15) is 13.7 Å². The summed E-state index contributed by atoms with van der Waals surface area (Å²) in [4.78, 5) is 70.8. The van der Waals surface area contributed by atoms with Crippen LogP contribution in [0.25, 0.3) is 0 Å². The number of aldehydes is 2. The lowest BCUT2D eigenvalue weighted by Gasteiger charge is -2.33. The molecule has 5 N–H and O–H groups in total. The highest BCUT2D eigenvalue weighted by Crippen LogP contribution is 2.33. The van der Waals surface area contributed by atoms with E-state index in [0.717, 1.165) is 154 Å². The minimum Gasteiger partial charge on any atom is -0.491 e. The van der Waals surface area contributed by atoms with E-state index in [9.17, 15) is 41.5 Å². The third kappa shape index (κ3) is 39.5. The molecule has 0 atom stereocenters. The molecule has 0 spiro atoms. The number of likely N-dealkylation sites (tertiary alicyclic amines) is 2. The molecule has 9 aromatic rings. The maximum Gasteiger partial charge on any atom is 0.410 e. The fourth-order valence-electron chi connectivity index (χ4n) is 10.3. The number of carbonyl (C=O) groups is 4. The van der Waals surface area contributed by atoms with Crippen molar-refractivity contribution in [3.05, 3.63) is 191 Å². The SMILES string of the molecule is CCC(=S)Nc1ccccc1OCC1CCN(C(=O)OC(C)(C)C)CC1.CN(C)c1ccccc1OCC1CCN(C(=O)OC(C)(C)C)CC1.COC(OC)c1sccc1Br.COc1cncc(Cl)n1.Fc1ccsc1CCC1CCNCC1.O=Cc1ccsc1F.O=Cc1sccc1F.O=c1[nH]snc1CO.OCc1sccc1F. The molecule has 638 valence electrons. The Balaban J connectivity index is 0.000000287. The summed E-state index contributed by atoms with van der Waals surface area (Å²) in [5, 5.41) is 31.7. The average molecular weight is 1830 g/mol. The summed E-state index contributed by atoms with van der Waals surface area (Å²) in [7, 11) is 8.80. The standard InChI is InChI=1S/C20H30N2O3S.C19H30N2O3.C11H16FNS.C7H9BrO2S.C5H5ClN2O.C5H5FOS.2C5H3FOS.C3H4N2O2S/c1-5-18(26)21-16-8-6-7-9-17(16)24-14-15-10-12-22(13-11-15)19(23)25-20(2,3)4;1-19(2,3)24-18(22)21-12-10-15(11-13-21)14-23-17-9-7-6-8-16(17)20(4)5;12-10-5-8-14-11(10)2-1-9-3-6-13-7-4-9;1-9-7(10-2)6-5(8)3-4-11-6;1-9-5-3-7-2-4(6)8-5;2*6-4-1-2-8-5(4)3-7;6-5-4(3-7)1-2-8-5;6-1-2-3(7)5-8-4-2/h6-9,15H,5,10-14H2,1-4H3,(H,21,26);6-9,15H,10-14H2,1-5H3;5,8-9,13H,1-4,6-7H2;3-4,7H,1-2H3;2-3H,1H3;1-2,7H,3H2;2*1-3H;6H,1H2,(H,5,7). The molecule has 2 aromatic carbocycles. The molecule has 3 fully saturated rings. The molecule has 23 nitrogen and oxygen atoms in total. The van der Waals surface area contributed by atoms with E-state index in [1.807, 2.05) is 122 Å². The van der Waals surface area contributed by atoms with E-state index >= 15 is 0 Å². The smallest absolute Gasteiger partial charge is 0.410 e. The zero-order valence-corrected chi connectivity index (χ0v) is 75.1. The van der Waals surface area contributed by atoms with E-state index < -0.39 is 22.2 Å². The van der Waals surface area contributed by atoms with E-state index in [1.165, 1.54) is 61.9 Å². The second-order valence-corrected chi connectivity index (χ2v) is 34.6. The van der Waals surface area contributed by atoms with Gasteiger partial charge >= 0.3 is 12.2 Å². The minimum atomic E-state index is -0.452. The van der Waals surface area contributed by atoms with Crippen LogP contribution in [0, 0.1) is 40.3 Å². The number of amides is 2. The van der Waals surface area contributed by atoms with E-state index in [1.54, 1.807) is 68.9 Å². The number of aryl methyl sites for hydroxylation is 1. The Kier molecular flexibility index (Phi) is 48.2. The first-order chi connectivity index (χ1) is 55.4. The number of para-hydroxylation sites is 4. The number of nitrogens with one attached hydrogen (secondary N) is 3. The largest absolute Gasteiger partial charge is 0.491 e. The Labute approximate surface area is 719 Å². The fourth-order valence-corrected chi connectivity index (χ4v) is 15.2. The van der Waals surface area contributed by atoms with Crippen LogP contribution in [0.2, 0.25) is 5.15 Å². The normalized spacial score (nSPS) is 13.4. The number of hydrogen-bond donors (Lipinski definition) is 5. The predicted molar refractivity (Wildman–Crippen MR) is 465 cm³/mol. The number of piperidine rings is 3. The molecule has 0 unspecified atom stereocenters. The summed E-state index contributed by atoms with van der Waals surface area (Å²) < 4.78 is 94.4. The number of aliphatic hydroxyl groups excluding tert-OH is 2. The van der Waals surface area contributed by atoms with Gasteiger partial charge in [0.1, 0.15) is 50.7 Å². The van der Waals surface area contributed by atoms with Crippen LogP contribution in [0.15, 0.2) is 127 Å². The average Bonchev–Trinajstić information content (AvgIpc) is 1.04. The van der Waals surface area contributed by atoms with Crippen molar-refractivity contribution >= 4 is 149 Å². The van der Waals surface area contributed by atoms with Gasteiger partial charge in [0.2, 0.25) is 5.88 Å². The highest BCUT2D eigenvalue weighted by molar-refractivity contribution is 9.10. The molecule has 0 saturated carbocycles. The van der Waals surface area contributed by atoms with Gasteiger partial charge in [-0.15, -0.1) is 56.7 Å². The van der Waals surface area contributed by atoms with E-state index in [2.05, 4.69) is 56.2 Å². The number of halogens is 6. The van der Waals surface area contributed by atoms with Crippen molar-refractivity contribution < 1.29 is 80.1 Å². The van der Waals surface area contributed by atoms with Gasteiger partial charge in [0, 0.05) is 75.6 Å². The summed E-state index contributed by atoms with van der Waals surface area (Å²) in [6, 6.07) is 23.5. The summed E-state index contributed by atoms with van der Waals surface area (Å²) in [6.45, 7) is 19.4. The van der Waals surface area contributed by atoms with Gasteiger partial charge in [-0.05, 0) is 228 Å². The molecule has 36 heteroatoms. The maximum atomic E-state index is 13.1. The van der Waals surface area contributed by atoms with Gasteiger partial charge in [0.15, 0.2) is 29.1 Å². The Morgan fingerprint density at radius 1 is 0.698 bits per heavy atom. The van der Waals surface area contributed by atoms with Crippen LogP contribution >= 0.6 is 108 Å². The fraction of sp³-hybridized carbons (Fsp3) is 0.463. The van der Waals surface area contributed by atoms with Crippen molar-refractivity contribution in [1.29, 1.82) is 0 Å². The molecule has 12 rings (SSSR count). The number of carbonyl (C=O) groups excluding carboxylic acids is 4. The number of thiocarbonyl (C=S) groups is 1. The summed E-state index contributed by atoms with van der Waals surface area (Å²) in [6.07, 6.45) is 12.4. The third-order valence-corrected chi connectivity index (χ3v) is 22.8. The van der Waals surface area contributed by atoms with Crippen LogP contribution in [-0.2, 0) is 38.6 Å². The van der Waals surface area contributed by atoms with Gasteiger partial charge < -0.3 is 68.7 Å². The summed E-state index contributed by atoms with van der Waals surface area (Å²) >= 11 is 21.5. The van der Waals surface area contributed by atoms with E-state index in [-0.39, 0.29) is 65.0 Å². The molecule has 3 aliphatic rings. The number of ether oxygens (including phenoxy) is 7. The van der Waals surface area contributed by atoms with Crippen LogP contribution in [-0.4, -0.2) is 168 Å². The number of aliphatic hydroxyl groups is 2. The second-order valence-electron chi connectivity index (χ2n) is 27.5. The molecule has 7 aromatic heterocycles. The summed E-state index contributed by atoms with van der Waals surface area (Å²) in [5.41, 5.74) is 1.15. The number of aromatic nitrogens is 4.